The zero-order chi connectivity index (χ0) is 12.8. The molecule has 0 spiro atoms. The number of benzene rings is 1. The molecule has 4 nitrogen and oxygen atoms in total. The normalized spacial score (nSPS) is 12.0. The van der Waals surface area contributed by atoms with Gasteiger partial charge in [0.05, 0.1) is 24.6 Å². The molecule has 1 atom stereocenters. The first-order valence-corrected chi connectivity index (χ1v) is 6.12. The first kappa shape index (κ1) is 14.0. The fourth-order valence-corrected chi connectivity index (χ4v) is 1.99. The van der Waals surface area contributed by atoms with Crippen molar-refractivity contribution in [2.45, 2.75) is 19.4 Å². The molecule has 94 valence electrons. The number of methoxy groups -OCH3 is 1. The second-order valence-corrected chi connectivity index (χ2v) is 4.36. The second kappa shape index (κ2) is 6.61. The van der Waals surface area contributed by atoms with Crippen LogP contribution in [0.15, 0.2) is 22.7 Å². The Morgan fingerprint density at radius 1 is 1.53 bits per heavy atom. The lowest BCUT2D eigenvalue weighted by atomic mass is 10.0. The fraction of sp³-hybridized carbons (Fsp3) is 0.417. The van der Waals surface area contributed by atoms with Gasteiger partial charge in [-0.15, -0.1) is 0 Å². The third kappa shape index (κ3) is 4.02. The zero-order valence-electron chi connectivity index (χ0n) is 9.90. The van der Waals surface area contributed by atoms with E-state index < -0.39 is 0 Å². The monoisotopic (exact) mass is 301 g/mol. The highest BCUT2D eigenvalue weighted by Gasteiger charge is 2.13. The van der Waals surface area contributed by atoms with Gasteiger partial charge in [0, 0.05) is 6.04 Å². The summed E-state index contributed by atoms with van der Waals surface area (Å²) in [6, 6.07) is 5.14. The minimum Gasteiger partial charge on any atom is -0.496 e. The van der Waals surface area contributed by atoms with E-state index in [-0.39, 0.29) is 18.4 Å². The highest BCUT2D eigenvalue weighted by molar-refractivity contribution is 9.10. The molecule has 0 saturated heterocycles. The molecule has 0 aliphatic carbocycles. The largest absolute Gasteiger partial charge is 0.496 e. The fourth-order valence-electron chi connectivity index (χ4n) is 1.43. The molecule has 1 aromatic carbocycles. The van der Waals surface area contributed by atoms with E-state index in [0.717, 1.165) is 15.8 Å². The number of rotatable bonds is 5. The third-order valence-electron chi connectivity index (χ3n) is 2.30. The molecule has 0 saturated carbocycles. The third-order valence-corrected chi connectivity index (χ3v) is 2.92. The lowest BCUT2D eigenvalue weighted by Crippen LogP contribution is -2.17. The summed E-state index contributed by atoms with van der Waals surface area (Å²) in [5.41, 5.74) is 6.79. The smallest absolute Gasteiger partial charge is 0.307 e. The Kier molecular flexibility index (Phi) is 5.44. The quantitative estimate of drug-likeness (QED) is 0.849. The first-order valence-electron chi connectivity index (χ1n) is 5.33. The van der Waals surface area contributed by atoms with Crippen LogP contribution >= 0.6 is 15.9 Å². The van der Waals surface area contributed by atoms with Crippen LogP contribution in [0.5, 0.6) is 5.75 Å². The average Bonchev–Trinajstić information content (AvgIpc) is 2.29. The van der Waals surface area contributed by atoms with Crippen molar-refractivity contribution >= 4 is 21.9 Å². The maximum atomic E-state index is 11.3. The van der Waals surface area contributed by atoms with Crippen molar-refractivity contribution in [3.63, 3.8) is 0 Å². The number of carbonyl (C=O) groups excluding carboxylic acids is 1. The Balaban J connectivity index is 2.72. The second-order valence-electron chi connectivity index (χ2n) is 3.51. The van der Waals surface area contributed by atoms with E-state index in [9.17, 15) is 4.79 Å². The first-order chi connectivity index (χ1) is 8.08. The molecule has 0 heterocycles. The lowest BCUT2D eigenvalue weighted by Gasteiger charge is -2.13. The van der Waals surface area contributed by atoms with Gasteiger partial charge in [0.25, 0.3) is 0 Å². The number of esters is 1. The molecule has 5 heteroatoms. The maximum Gasteiger partial charge on any atom is 0.307 e. The van der Waals surface area contributed by atoms with E-state index in [0.29, 0.717) is 6.61 Å². The Bertz CT molecular complexity index is 395. The highest BCUT2D eigenvalue weighted by Crippen LogP contribution is 2.28. The van der Waals surface area contributed by atoms with Crippen molar-refractivity contribution in [1.82, 2.24) is 0 Å². The van der Waals surface area contributed by atoms with Crippen molar-refractivity contribution < 1.29 is 14.3 Å². The van der Waals surface area contributed by atoms with Crippen LogP contribution in [0.3, 0.4) is 0 Å². The SMILES string of the molecule is CCOC(=O)C[C@H](N)c1ccc(OC)c(Br)c1. The van der Waals surface area contributed by atoms with Crippen LogP contribution in [-0.4, -0.2) is 19.7 Å². The van der Waals surface area contributed by atoms with Crippen LogP contribution in [0.25, 0.3) is 0 Å². The summed E-state index contributed by atoms with van der Waals surface area (Å²) in [7, 11) is 1.60. The van der Waals surface area contributed by atoms with Crippen LogP contribution in [-0.2, 0) is 9.53 Å². The van der Waals surface area contributed by atoms with Crippen molar-refractivity contribution in [3.8, 4) is 5.75 Å². The molecule has 0 unspecified atom stereocenters. The molecule has 0 aliphatic heterocycles. The van der Waals surface area contributed by atoms with Gasteiger partial charge in [0.2, 0.25) is 0 Å². The average molecular weight is 302 g/mol. The minimum absolute atomic E-state index is 0.173. The molecule has 0 aromatic heterocycles. The van der Waals surface area contributed by atoms with Crippen molar-refractivity contribution in [3.05, 3.63) is 28.2 Å². The number of hydrogen-bond acceptors (Lipinski definition) is 4. The predicted octanol–water partition coefficient (Wildman–Crippen LogP) is 2.41. The van der Waals surface area contributed by atoms with Gasteiger partial charge in [-0.25, -0.2) is 0 Å². The molecule has 0 fully saturated rings. The summed E-state index contributed by atoms with van der Waals surface area (Å²) in [5.74, 6) is 0.448. The number of halogens is 1. The van der Waals surface area contributed by atoms with Crippen LogP contribution in [0, 0.1) is 0 Å². The van der Waals surface area contributed by atoms with E-state index in [1.807, 2.05) is 18.2 Å². The van der Waals surface area contributed by atoms with E-state index in [2.05, 4.69) is 15.9 Å². The number of nitrogens with two attached hydrogens (primary N) is 1. The van der Waals surface area contributed by atoms with E-state index in [4.69, 9.17) is 15.2 Å². The van der Waals surface area contributed by atoms with Gasteiger partial charge >= 0.3 is 5.97 Å². The minimum atomic E-state index is -0.365. The molecule has 2 N–H and O–H groups in total. The van der Waals surface area contributed by atoms with E-state index >= 15 is 0 Å². The Morgan fingerprint density at radius 3 is 2.76 bits per heavy atom. The maximum absolute atomic E-state index is 11.3. The van der Waals surface area contributed by atoms with E-state index in [1.165, 1.54) is 0 Å². The standard InChI is InChI=1S/C12H16BrNO3/c1-3-17-12(15)7-10(14)8-4-5-11(16-2)9(13)6-8/h4-6,10H,3,7,14H2,1-2H3/t10-/m0/s1. The Labute approximate surface area is 109 Å². The van der Waals surface area contributed by atoms with Gasteiger partial charge in [-0.2, -0.15) is 0 Å². The molecule has 1 aromatic rings. The molecule has 0 radical (unpaired) electrons. The summed E-state index contributed by atoms with van der Waals surface area (Å²) < 4.78 is 10.8. The summed E-state index contributed by atoms with van der Waals surface area (Å²) in [6.45, 7) is 2.14. The zero-order valence-corrected chi connectivity index (χ0v) is 11.5. The van der Waals surface area contributed by atoms with Crippen molar-refractivity contribution in [1.29, 1.82) is 0 Å². The summed E-state index contributed by atoms with van der Waals surface area (Å²) >= 11 is 3.38. The lowest BCUT2D eigenvalue weighted by molar-refractivity contribution is -0.143. The predicted molar refractivity (Wildman–Crippen MR) is 68.9 cm³/mol. The van der Waals surface area contributed by atoms with Gasteiger partial charge in [0.1, 0.15) is 5.75 Å². The van der Waals surface area contributed by atoms with Gasteiger partial charge in [-0.05, 0) is 40.5 Å². The Hall–Kier alpha value is -1.07. The van der Waals surface area contributed by atoms with Crippen LogP contribution in [0.1, 0.15) is 24.9 Å². The molecular formula is C12H16BrNO3. The van der Waals surface area contributed by atoms with Crippen LogP contribution in [0.4, 0.5) is 0 Å². The molecule has 0 aliphatic rings. The summed E-state index contributed by atoms with van der Waals surface area (Å²) in [6.07, 6.45) is 0.173. The number of hydrogen-bond donors (Lipinski definition) is 1. The number of carbonyl (C=O) groups is 1. The van der Waals surface area contributed by atoms with Gasteiger partial charge in [-0.3, -0.25) is 4.79 Å². The highest BCUT2D eigenvalue weighted by atomic mass is 79.9. The van der Waals surface area contributed by atoms with Gasteiger partial charge in [-0.1, -0.05) is 6.07 Å². The van der Waals surface area contributed by atoms with Crippen molar-refractivity contribution in [2.75, 3.05) is 13.7 Å². The van der Waals surface area contributed by atoms with Gasteiger partial charge in [0.15, 0.2) is 0 Å². The van der Waals surface area contributed by atoms with Gasteiger partial charge < -0.3 is 15.2 Å². The summed E-state index contributed by atoms with van der Waals surface area (Å²) in [5, 5.41) is 0. The molecule has 0 bridgehead atoms. The Morgan fingerprint density at radius 2 is 2.24 bits per heavy atom. The van der Waals surface area contributed by atoms with Crippen molar-refractivity contribution in [2.24, 2.45) is 5.73 Å². The number of ether oxygens (including phenoxy) is 2. The van der Waals surface area contributed by atoms with Crippen LogP contribution < -0.4 is 10.5 Å². The molecule has 1 rings (SSSR count). The topological polar surface area (TPSA) is 61.5 Å². The summed E-state index contributed by atoms with van der Waals surface area (Å²) in [4.78, 5) is 11.3. The molecule has 0 amide bonds. The van der Waals surface area contributed by atoms with E-state index in [1.54, 1.807) is 14.0 Å². The molecular weight excluding hydrogens is 286 g/mol. The van der Waals surface area contributed by atoms with Crippen LogP contribution in [0.2, 0.25) is 0 Å². The molecule has 17 heavy (non-hydrogen) atoms.